The molecule has 136 valence electrons. The molecule has 0 bridgehead atoms. The molecule has 0 amide bonds. The van der Waals surface area contributed by atoms with E-state index in [0.29, 0.717) is 6.54 Å². The Labute approximate surface area is 162 Å². The van der Waals surface area contributed by atoms with Crippen LogP contribution in [0.25, 0.3) is 0 Å². The van der Waals surface area contributed by atoms with Gasteiger partial charge in [-0.3, -0.25) is 4.90 Å². The van der Waals surface area contributed by atoms with Crippen LogP contribution in [0.4, 0.5) is 0 Å². The number of hydrogen-bond donors (Lipinski definition) is 1. The molecule has 2 rings (SSSR count). The van der Waals surface area contributed by atoms with Crippen LogP contribution < -0.4 is 5.73 Å². The largest absolute Gasteiger partial charge is 0.329 e. The van der Waals surface area contributed by atoms with Gasteiger partial charge in [-0.05, 0) is 12.0 Å². The highest BCUT2D eigenvalue weighted by atomic mass is 35.5. The van der Waals surface area contributed by atoms with Crippen LogP contribution in [-0.4, -0.2) is 29.5 Å². The molecule has 6 heteroatoms. The molecule has 0 unspecified atom stereocenters. The van der Waals surface area contributed by atoms with Crippen LogP contribution in [0.3, 0.4) is 0 Å². The molecule has 0 fully saturated rings. The normalized spacial score (nSPS) is 11.0. The third kappa shape index (κ3) is 7.49. The number of benzene rings is 1. The molecule has 1 aromatic heterocycles. The van der Waals surface area contributed by atoms with E-state index in [1.54, 1.807) is 11.3 Å². The van der Waals surface area contributed by atoms with Crippen molar-refractivity contribution < 1.29 is 0 Å². The maximum Gasteiger partial charge on any atom is 0.107 e. The third-order valence-electron chi connectivity index (χ3n) is 3.68. The zero-order valence-electron chi connectivity index (χ0n) is 14.7. The molecule has 1 heterocycles. The number of hydrogen-bond acceptors (Lipinski definition) is 4. The van der Waals surface area contributed by atoms with E-state index in [1.165, 1.54) is 16.3 Å². The molecule has 0 saturated carbocycles. The molecule has 24 heavy (non-hydrogen) atoms. The van der Waals surface area contributed by atoms with Crippen molar-refractivity contribution in [3.63, 3.8) is 0 Å². The van der Waals surface area contributed by atoms with E-state index in [-0.39, 0.29) is 30.2 Å². The van der Waals surface area contributed by atoms with Gasteiger partial charge in [0, 0.05) is 30.4 Å². The topological polar surface area (TPSA) is 42.1 Å². The first-order valence-electron chi connectivity index (χ1n) is 7.90. The summed E-state index contributed by atoms with van der Waals surface area (Å²) in [6, 6.07) is 10.6. The highest BCUT2D eigenvalue weighted by Gasteiger charge is 2.18. The molecule has 2 N–H and O–H groups in total. The maximum atomic E-state index is 5.77. The van der Waals surface area contributed by atoms with Gasteiger partial charge in [-0.25, -0.2) is 4.98 Å². The fraction of sp³-hybridized carbons (Fsp3) is 0.500. The van der Waals surface area contributed by atoms with Crippen molar-refractivity contribution in [3.05, 3.63) is 52.0 Å². The molecule has 0 aliphatic rings. The van der Waals surface area contributed by atoms with Crippen LogP contribution in [0.15, 0.2) is 35.7 Å². The molecule has 0 radical (unpaired) electrons. The minimum atomic E-state index is 0. The van der Waals surface area contributed by atoms with Crippen LogP contribution >= 0.6 is 36.2 Å². The molecule has 0 spiro atoms. The van der Waals surface area contributed by atoms with Crippen molar-refractivity contribution in [2.75, 3.05) is 19.6 Å². The fourth-order valence-corrected chi connectivity index (χ4v) is 3.37. The van der Waals surface area contributed by atoms with E-state index in [0.717, 1.165) is 26.1 Å². The second kappa shape index (κ2) is 11.1. The van der Waals surface area contributed by atoms with Gasteiger partial charge in [-0.1, -0.05) is 51.1 Å². The summed E-state index contributed by atoms with van der Waals surface area (Å²) in [4.78, 5) is 7.20. The van der Waals surface area contributed by atoms with Crippen LogP contribution in [0.1, 0.15) is 37.0 Å². The lowest BCUT2D eigenvalue weighted by atomic mass is 9.93. The standard InChI is InChI=1S/C18H27N3S.2ClH/c1-18(2,3)16-14-22-17(20-16)13-21(12-10-19)11-9-15-7-5-4-6-8-15;;/h4-8,14H,9-13,19H2,1-3H3;2*1H. The van der Waals surface area contributed by atoms with Crippen molar-refractivity contribution >= 4 is 36.2 Å². The number of halogens is 2. The zero-order chi connectivity index (χ0) is 16.0. The summed E-state index contributed by atoms with van der Waals surface area (Å²) < 4.78 is 0. The molecule has 0 atom stereocenters. The fourth-order valence-electron chi connectivity index (χ4n) is 2.30. The monoisotopic (exact) mass is 389 g/mol. The minimum absolute atomic E-state index is 0. The van der Waals surface area contributed by atoms with E-state index < -0.39 is 0 Å². The van der Waals surface area contributed by atoms with Gasteiger partial charge >= 0.3 is 0 Å². The predicted molar refractivity (Wildman–Crippen MR) is 110 cm³/mol. The quantitative estimate of drug-likeness (QED) is 0.767. The smallest absolute Gasteiger partial charge is 0.107 e. The summed E-state index contributed by atoms with van der Waals surface area (Å²) in [6.07, 6.45) is 1.05. The first-order chi connectivity index (χ1) is 10.5. The highest BCUT2D eigenvalue weighted by molar-refractivity contribution is 7.09. The molecular weight excluding hydrogens is 361 g/mol. The Morgan fingerprint density at radius 1 is 1.08 bits per heavy atom. The van der Waals surface area contributed by atoms with Gasteiger partial charge in [0.15, 0.2) is 0 Å². The number of nitrogens with two attached hydrogens (primary N) is 1. The molecule has 0 aliphatic heterocycles. The summed E-state index contributed by atoms with van der Waals surface area (Å²) >= 11 is 1.76. The Morgan fingerprint density at radius 2 is 1.75 bits per heavy atom. The number of nitrogens with zero attached hydrogens (tertiary/aromatic N) is 2. The Kier molecular flexibility index (Phi) is 10.8. The highest BCUT2D eigenvalue weighted by Crippen LogP contribution is 2.24. The van der Waals surface area contributed by atoms with Gasteiger partial charge in [0.05, 0.1) is 12.2 Å². The van der Waals surface area contributed by atoms with Crippen LogP contribution in [0.5, 0.6) is 0 Å². The average molecular weight is 390 g/mol. The summed E-state index contributed by atoms with van der Waals surface area (Å²) in [5.74, 6) is 0. The van der Waals surface area contributed by atoms with E-state index in [4.69, 9.17) is 10.7 Å². The maximum absolute atomic E-state index is 5.77. The van der Waals surface area contributed by atoms with Gasteiger partial charge in [0.1, 0.15) is 5.01 Å². The minimum Gasteiger partial charge on any atom is -0.329 e. The molecule has 0 aliphatic carbocycles. The summed E-state index contributed by atoms with van der Waals surface area (Å²) in [6.45, 7) is 10.1. The van der Waals surface area contributed by atoms with Gasteiger partial charge in [0.2, 0.25) is 0 Å². The zero-order valence-corrected chi connectivity index (χ0v) is 17.1. The molecular formula is C18H29Cl2N3S. The SMILES string of the molecule is CC(C)(C)c1csc(CN(CCN)CCc2ccccc2)n1.Cl.Cl. The van der Waals surface area contributed by atoms with Crippen molar-refractivity contribution in [3.8, 4) is 0 Å². The van der Waals surface area contributed by atoms with Crippen molar-refractivity contribution in [1.82, 2.24) is 9.88 Å². The van der Waals surface area contributed by atoms with E-state index in [1.807, 2.05) is 0 Å². The number of aromatic nitrogens is 1. The second-order valence-corrected chi connectivity index (χ2v) is 7.62. The van der Waals surface area contributed by atoms with Crippen molar-refractivity contribution in [1.29, 1.82) is 0 Å². The first-order valence-corrected chi connectivity index (χ1v) is 8.78. The van der Waals surface area contributed by atoms with Crippen molar-refractivity contribution in [2.45, 2.75) is 39.2 Å². The van der Waals surface area contributed by atoms with Crippen molar-refractivity contribution in [2.24, 2.45) is 5.73 Å². The van der Waals surface area contributed by atoms with Crippen LogP contribution in [0.2, 0.25) is 0 Å². The second-order valence-electron chi connectivity index (χ2n) is 6.68. The third-order valence-corrected chi connectivity index (χ3v) is 4.52. The molecule has 2 aromatic rings. The van der Waals surface area contributed by atoms with Gasteiger partial charge in [-0.15, -0.1) is 36.2 Å². The Morgan fingerprint density at radius 3 is 2.29 bits per heavy atom. The number of thiazole rings is 1. The summed E-state index contributed by atoms with van der Waals surface area (Å²) in [5.41, 5.74) is 8.45. The predicted octanol–water partition coefficient (Wildman–Crippen LogP) is 4.29. The molecule has 3 nitrogen and oxygen atoms in total. The van der Waals surface area contributed by atoms with Gasteiger partial charge < -0.3 is 5.73 Å². The Hall–Kier alpha value is -0.650. The summed E-state index contributed by atoms with van der Waals surface area (Å²) in [5, 5.41) is 3.37. The first kappa shape index (κ1) is 23.4. The van der Waals surface area contributed by atoms with E-state index in [2.05, 4.69) is 61.4 Å². The Balaban J connectivity index is 0.00000264. The number of rotatable bonds is 7. The average Bonchev–Trinajstić information content (AvgIpc) is 2.95. The summed E-state index contributed by atoms with van der Waals surface area (Å²) in [7, 11) is 0. The van der Waals surface area contributed by atoms with Crippen LogP contribution in [-0.2, 0) is 18.4 Å². The lowest BCUT2D eigenvalue weighted by molar-refractivity contribution is 0.275. The van der Waals surface area contributed by atoms with Gasteiger partial charge in [-0.2, -0.15) is 0 Å². The molecule has 1 aromatic carbocycles. The Bertz CT molecular complexity index is 567. The van der Waals surface area contributed by atoms with Gasteiger partial charge in [0.25, 0.3) is 0 Å². The van der Waals surface area contributed by atoms with E-state index >= 15 is 0 Å². The lowest BCUT2D eigenvalue weighted by Crippen LogP contribution is -2.31. The van der Waals surface area contributed by atoms with Crippen LogP contribution in [0, 0.1) is 0 Å². The molecule has 0 saturated heterocycles. The lowest BCUT2D eigenvalue weighted by Gasteiger charge is -2.20. The van der Waals surface area contributed by atoms with E-state index in [9.17, 15) is 0 Å².